The summed E-state index contributed by atoms with van der Waals surface area (Å²) in [6, 6.07) is -1.40. The molecule has 2 rings (SSSR count). The van der Waals surface area contributed by atoms with Gasteiger partial charge in [-0.05, 0) is 6.92 Å². The van der Waals surface area contributed by atoms with Gasteiger partial charge in [0, 0.05) is 19.8 Å². The Morgan fingerprint density at radius 2 is 1.70 bits per heavy atom. The first kappa shape index (κ1) is 37.1. The number of aromatic nitrogens is 3. The minimum atomic E-state index is -4.82. The van der Waals surface area contributed by atoms with E-state index in [2.05, 4.69) is 15.2 Å². The Labute approximate surface area is 250 Å². The number of esters is 1. The van der Waals surface area contributed by atoms with E-state index in [0.717, 1.165) is 17.9 Å². The van der Waals surface area contributed by atoms with Gasteiger partial charge in [-0.15, -0.1) is 5.10 Å². The molecule has 0 spiro atoms. The third kappa shape index (κ3) is 9.24. The number of nitrogens with two attached hydrogens (primary N) is 1. The van der Waals surface area contributed by atoms with E-state index in [1.54, 1.807) is 0 Å². The zero-order valence-corrected chi connectivity index (χ0v) is 24.7. The number of carbonyl (C=O) groups is 5. The molecule has 0 aliphatic carbocycles. The number of nitrogens with one attached hydrogen (secondary N) is 1. The number of amides is 1. The molecule has 44 heavy (non-hydrogen) atoms. The van der Waals surface area contributed by atoms with Crippen molar-refractivity contribution < 1.29 is 72.6 Å². The quantitative estimate of drug-likeness (QED) is 0.0402. The Balaban J connectivity index is 2.36. The normalized spacial score (nSPS) is 22.2. The van der Waals surface area contributed by atoms with Crippen LogP contribution in [0.4, 0.5) is 0 Å². The molecule has 1 aromatic rings. The van der Waals surface area contributed by atoms with Gasteiger partial charge >= 0.3 is 13.7 Å². The molecule has 1 fully saturated rings. The van der Waals surface area contributed by atoms with E-state index in [0.29, 0.717) is 0 Å². The maximum Gasteiger partial charge on any atom is 0.406 e. The number of hydrogen-bond donors (Lipinski definition) is 7. The largest absolute Gasteiger partial charge is 0.464 e. The maximum atomic E-state index is 13.9. The third-order valence-electron chi connectivity index (χ3n) is 6.47. The smallest absolute Gasteiger partial charge is 0.406 e. The Hall–Kier alpha value is -3.04. The molecule has 3 unspecified atom stereocenters. The molecule has 0 bridgehead atoms. The summed E-state index contributed by atoms with van der Waals surface area (Å²) in [5, 5.41) is 54.8. The highest BCUT2D eigenvalue weighted by Gasteiger charge is 2.49. The van der Waals surface area contributed by atoms with E-state index in [1.807, 2.05) is 0 Å². The second-order valence-corrected chi connectivity index (χ2v) is 11.4. The number of carbonyl (C=O) groups excluding carboxylic acids is 5. The fraction of sp³-hybridized carbons (Fsp3) is 0.696. The number of Topliss-reactive ketones (excluding diaryl/α,β-unsaturated/α-hetero) is 3. The van der Waals surface area contributed by atoms with E-state index >= 15 is 0 Å². The van der Waals surface area contributed by atoms with Crippen molar-refractivity contribution in [1.29, 1.82) is 0 Å². The molecule has 1 amide bonds. The van der Waals surface area contributed by atoms with Gasteiger partial charge in [0.25, 0.3) is 5.91 Å². The maximum absolute atomic E-state index is 13.9. The van der Waals surface area contributed by atoms with Crippen molar-refractivity contribution >= 4 is 37.0 Å². The first-order valence-corrected chi connectivity index (χ1v) is 14.6. The fourth-order valence-electron chi connectivity index (χ4n) is 3.95. The molecule has 6 atom stereocenters. The third-order valence-corrected chi connectivity index (χ3v) is 8.14. The first-order valence-electron chi connectivity index (χ1n) is 13.1. The second kappa shape index (κ2) is 16.3. The van der Waals surface area contributed by atoms with Crippen molar-refractivity contribution in [3.8, 4) is 0 Å². The second-order valence-electron chi connectivity index (χ2n) is 9.66. The van der Waals surface area contributed by atoms with Crippen LogP contribution >= 0.6 is 7.75 Å². The highest BCUT2D eigenvalue weighted by atomic mass is 31.2. The van der Waals surface area contributed by atoms with E-state index in [4.69, 9.17) is 24.3 Å². The lowest BCUT2D eigenvalue weighted by atomic mass is 9.78. The molecule has 20 nitrogen and oxygen atoms in total. The highest BCUT2D eigenvalue weighted by Crippen LogP contribution is 2.47. The van der Waals surface area contributed by atoms with Crippen molar-refractivity contribution in [3.05, 3.63) is 12.2 Å². The Morgan fingerprint density at radius 1 is 1.09 bits per heavy atom. The molecule has 2 heterocycles. The number of rotatable bonds is 20. The number of hydrogen-bond acceptors (Lipinski definition) is 17. The molecule has 0 saturated carbocycles. The van der Waals surface area contributed by atoms with Crippen LogP contribution in [0.2, 0.25) is 0 Å². The van der Waals surface area contributed by atoms with E-state index in [9.17, 15) is 54.1 Å². The van der Waals surface area contributed by atoms with Crippen LogP contribution in [0.5, 0.6) is 0 Å². The lowest BCUT2D eigenvalue weighted by Gasteiger charge is -2.32. The van der Waals surface area contributed by atoms with E-state index in [-0.39, 0.29) is 0 Å². The van der Waals surface area contributed by atoms with Gasteiger partial charge in [-0.2, -0.15) is 0 Å². The molecule has 1 aliphatic heterocycles. The average molecular weight is 654 g/mol. The van der Waals surface area contributed by atoms with Crippen LogP contribution in [0.3, 0.4) is 0 Å². The Bertz CT molecular complexity index is 1220. The molecular formula is C23H36N5O15P. The summed E-state index contributed by atoms with van der Waals surface area (Å²) in [6.45, 7) is -3.12. The summed E-state index contributed by atoms with van der Waals surface area (Å²) < 4.78 is 36.0. The molecule has 21 heteroatoms. The van der Waals surface area contributed by atoms with Crippen molar-refractivity contribution in [2.75, 3.05) is 39.6 Å². The standard InChI is InChI=1S/C23H36N5O15P/c1-12(14(33)7-31)27-44(39,42-10-23(9-40-13(2)32,16(34)3-5-29)17(35)4-6-30)41-8-15-18(36)19(37)22(43-15)28-11-25-21(26-28)20(24)38/h11-12,15,18-19,22,29-31,36-37H,3-10H2,1-2H3,(H2,24,38)(H,27,39)/t12-,15+,18?,19?,22+,44?/m0/s1. The molecule has 0 radical (unpaired) electrons. The molecule has 8 N–H and O–H groups in total. The lowest BCUT2D eigenvalue weighted by Crippen LogP contribution is -2.48. The minimum Gasteiger partial charge on any atom is -0.464 e. The Morgan fingerprint density at radius 3 is 2.20 bits per heavy atom. The molecule has 1 aromatic heterocycles. The predicted octanol–water partition coefficient (Wildman–Crippen LogP) is -3.87. The monoisotopic (exact) mass is 653 g/mol. The molecule has 248 valence electrons. The van der Waals surface area contributed by atoms with E-state index in [1.165, 1.54) is 6.92 Å². The zero-order valence-electron chi connectivity index (χ0n) is 23.8. The predicted molar refractivity (Wildman–Crippen MR) is 141 cm³/mol. The van der Waals surface area contributed by atoms with Gasteiger partial charge in [0.2, 0.25) is 5.82 Å². The van der Waals surface area contributed by atoms with Gasteiger partial charge in [0.05, 0.1) is 32.5 Å². The van der Waals surface area contributed by atoms with Gasteiger partial charge in [0.15, 0.2) is 23.6 Å². The van der Waals surface area contributed by atoms with Crippen molar-refractivity contribution in [1.82, 2.24) is 19.9 Å². The number of aliphatic hydroxyl groups is 5. The van der Waals surface area contributed by atoms with Gasteiger partial charge in [-0.1, -0.05) is 0 Å². The molecule has 1 aliphatic rings. The van der Waals surface area contributed by atoms with Crippen LogP contribution in [-0.2, 0) is 42.3 Å². The number of aliphatic hydroxyl groups excluding tert-OH is 5. The number of ketones is 3. The SMILES string of the molecule is CC(=O)OCC(COP(=O)(N[C@@H](C)C(=O)CO)OC[C@H]1O[C@@H](n2cnc(C(N)=O)n2)C(O)C1O)(C(=O)CCO)C(=O)CCO. The Kier molecular flexibility index (Phi) is 13.8. The molecular weight excluding hydrogens is 617 g/mol. The van der Waals surface area contributed by atoms with Crippen molar-refractivity contribution in [2.24, 2.45) is 11.1 Å². The molecule has 0 aromatic carbocycles. The van der Waals surface area contributed by atoms with Crippen molar-refractivity contribution in [3.63, 3.8) is 0 Å². The average Bonchev–Trinajstić information content (AvgIpc) is 3.57. The zero-order chi connectivity index (χ0) is 33.2. The van der Waals surface area contributed by atoms with Crippen LogP contribution < -0.4 is 10.8 Å². The summed E-state index contributed by atoms with van der Waals surface area (Å²) in [5.41, 5.74) is 2.74. The van der Waals surface area contributed by atoms with Crippen LogP contribution in [0.15, 0.2) is 6.33 Å². The van der Waals surface area contributed by atoms with Gasteiger partial charge in [-0.3, -0.25) is 33.0 Å². The van der Waals surface area contributed by atoms with Crippen LogP contribution in [0.1, 0.15) is 43.5 Å². The van der Waals surface area contributed by atoms with Gasteiger partial charge in [-0.25, -0.2) is 19.3 Å². The fourth-order valence-corrected chi connectivity index (χ4v) is 5.52. The number of primary amides is 1. The van der Waals surface area contributed by atoms with Crippen LogP contribution in [0.25, 0.3) is 0 Å². The van der Waals surface area contributed by atoms with Crippen LogP contribution in [-0.4, -0.2) is 134 Å². The van der Waals surface area contributed by atoms with Crippen LogP contribution in [0, 0.1) is 5.41 Å². The summed E-state index contributed by atoms with van der Waals surface area (Å²) in [7, 11) is -4.82. The summed E-state index contributed by atoms with van der Waals surface area (Å²) >= 11 is 0. The van der Waals surface area contributed by atoms with Gasteiger partial charge in [0.1, 0.15) is 43.3 Å². The highest BCUT2D eigenvalue weighted by molar-refractivity contribution is 7.51. The van der Waals surface area contributed by atoms with Crippen molar-refractivity contribution in [2.45, 2.75) is 57.3 Å². The van der Waals surface area contributed by atoms with Gasteiger partial charge < -0.3 is 40.7 Å². The summed E-state index contributed by atoms with van der Waals surface area (Å²) in [6.07, 6.45) is -6.48. The summed E-state index contributed by atoms with van der Waals surface area (Å²) in [4.78, 5) is 64.6. The summed E-state index contributed by atoms with van der Waals surface area (Å²) in [5.74, 6) is -5.15. The lowest BCUT2D eigenvalue weighted by molar-refractivity contribution is -0.155. The van der Waals surface area contributed by atoms with E-state index < -0.39 is 131 Å². The topological polar surface area (TPSA) is 309 Å². The number of nitrogens with zero attached hydrogens (tertiary/aromatic N) is 3. The molecule has 1 saturated heterocycles. The number of ether oxygens (including phenoxy) is 2. The first-order chi connectivity index (χ1) is 20.6. The minimum absolute atomic E-state index is 0.414.